The summed E-state index contributed by atoms with van der Waals surface area (Å²) >= 11 is 0. The Kier molecular flexibility index (Phi) is 4.20. The highest BCUT2D eigenvalue weighted by molar-refractivity contribution is 5.57. The van der Waals surface area contributed by atoms with E-state index in [1.54, 1.807) is 6.20 Å². The number of nitrogens with zero attached hydrogens (tertiary/aromatic N) is 3. The van der Waals surface area contributed by atoms with Crippen LogP contribution in [0.5, 0.6) is 0 Å². The van der Waals surface area contributed by atoms with E-state index >= 15 is 0 Å². The number of aromatic nitrogens is 3. The SMILES string of the molecule is Cc1nccn1-c1ncccc1NC(C)CC1CCCN1. The van der Waals surface area contributed by atoms with Crippen LogP contribution in [-0.4, -0.2) is 33.2 Å². The zero-order valence-corrected chi connectivity index (χ0v) is 12.7. The lowest BCUT2D eigenvalue weighted by atomic mass is 10.1. The van der Waals surface area contributed by atoms with Crippen molar-refractivity contribution in [2.24, 2.45) is 0 Å². The summed E-state index contributed by atoms with van der Waals surface area (Å²) in [4.78, 5) is 8.79. The first kappa shape index (κ1) is 14.1. The normalized spacial score (nSPS) is 19.6. The largest absolute Gasteiger partial charge is 0.380 e. The molecule has 2 aromatic heterocycles. The van der Waals surface area contributed by atoms with Crippen LogP contribution in [0, 0.1) is 6.92 Å². The molecule has 0 amide bonds. The number of rotatable bonds is 5. The molecule has 2 N–H and O–H groups in total. The molecule has 2 aromatic rings. The van der Waals surface area contributed by atoms with Crippen LogP contribution in [-0.2, 0) is 0 Å². The lowest BCUT2D eigenvalue weighted by Gasteiger charge is -2.21. The van der Waals surface area contributed by atoms with E-state index in [1.165, 1.54) is 12.8 Å². The average molecular weight is 285 g/mol. The Bertz CT molecular complexity index is 586. The minimum Gasteiger partial charge on any atom is -0.380 e. The number of imidazole rings is 1. The van der Waals surface area contributed by atoms with E-state index < -0.39 is 0 Å². The summed E-state index contributed by atoms with van der Waals surface area (Å²) in [6.07, 6.45) is 9.29. The summed E-state index contributed by atoms with van der Waals surface area (Å²) < 4.78 is 2.02. The number of hydrogen-bond donors (Lipinski definition) is 2. The fraction of sp³-hybridized carbons (Fsp3) is 0.500. The minimum absolute atomic E-state index is 0.410. The van der Waals surface area contributed by atoms with E-state index in [1.807, 2.05) is 30.0 Å². The molecule has 5 nitrogen and oxygen atoms in total. The second-order valence-electron chi connectivity index (χ2n) is 5.79. The van der Waals surface area contributed by atoms with E-state index in [2.05, 4.69) is 33.6 Å². The molecule has 1 fully saturated rings. The van der Waals surface area contributed by atoms with E-state index in [9.17, 15) is 0 Å². The molecule has 2 unspecified atom stereocenters. The number of hydrogen-bond acceptors (Lipinski definition) is 4. The molecule has 1 aliphatic heterocycles. The van der Waals surface area contributed by atoms with E-state index in [0.29, 0.717) is 12.1 Å². The smallest absolute Gasteiger partial charge is 0.161 e. The van der Waals surface area contributed by atoms with Gasteiger partial charge in [-0.1, -0.05) is 0 Å². The van der Waals surface area contributed by atoms with Crippen LogP contribution in [0.1, 0.15) is 32.0 Å². The van der Waals surface area contributed by atoms with Crippen molar-refractivity contribution in [1.82, 2.24) is 19.9 Å². The van der Waals surface area contributed by atoms with Crippen molar-refractivity contribution in [2.75, 3.05) is 11.9 Å². The molecule has 0 aromatic carbocycles. The van der Waals surface area contributed by atoms with Crippen molar-refractivity contribution in [2.45, 2.75) is 45.2 Å². The second kappa shape index (κ2) is 6.26. The first-order valence-corrected chi connectivity index (χ1v) is 7.69. The van der Waals surface area contributed by atoms with Crippen LogP contribution in [0.3, 0.4) is 0 Å². The number of anilines is 1. The maximum absolute atomic E-state index is 4.51. The van der Waals surface area contributed by atoms with Gasteiger partial charge in [-0.3, -0.25) is 4.57 Å². The lowest BCUT2D eigenvalue weighted by molar-refractivity contribution is 0.523. The van der Waals surface area contributed by atoms with Crippen LogP contribution >= 0.6 is 0 Å². The summed E-state index contributed by atoms with van der Waals surface area (Å²) in [7, 11) is 0. The third-order valence-corrected chi connectivity index (χ3v) is 4.04. The van der Waals surface area contributed by atoms with E-state index in [-0.39, 0.29) is 0 Å². The van der Waals surface area contributed by atoms with Crippen LogP contribution in [0.25, 0.3) is 5.82 Å². The van der Waals surface area contributed by atoms with Gasteiger partial charge in [0.2, 0.25) is 0 Å². The molecule has 3 rings (SSSR count). The lowest BCUT2D eigenvalue weighted by Crippen LogP contribution is -2.29. The van der Waals surface area contributed by atoms with Gasteiger partial charge >= 0.3 is 0 Å². The third kappa shape index (κ3) is 3.24. The van der Waals surface area contributed by atoms with Crippen molar-refractivity contribution in [3.05, 3.63) is 36.5 Å². The highest BCUT2D eigenvalue weighted by Crippen LogP contribution is 2.21. The van der Waals surface area contributed by atoms with Gasteiger partial charge in [0.1, 0.15) is 5.82 Å². The van der Waals surface area contributed by atoms with E-state index in [0.717, 1.165) is 30.3 Å². The average Bonchev–Trinajstić information content (AvgIpc) is 3.11. The van der Waals surface area contributed by atoms with Crippen LogP contribution in [0.4, 0.5) is 5.69 Å². The molecular weight excluding hydrogens is 262 g/mol. The first-order chi connectivity index (χ1) is 10.2. The van der Waals surface area contributed by atoms with Gasteiger partial charge in [-0.2, -0.15) is 0 Å². The van der Waals surface area contributed by atoms with Gasteiger partial charge in [-0.15, -0.1) is 0 Å². The van der Waals surface area contributed by atoms with Crippen LogP contribution < -0.4 is 10.6 Å². The van der Waals surface area contributed by atoms with Gasteiger partial charge in [0, 0.05) is 30.7 Å². The third-order valence-electron chi connectivity index (χ3n) is 4.04. The standard InChI is InChI=1S/C16H23N5/c1-12(11-14-5-3-7-18-14)20-15-6-4-8-19-16(15)21-10-9-17-13(21)2/h4,6,8-10,12,14,18,20H,3,5,7,11H2,1-2H3. The van der Waals surface area contributed by atoms with Gasteiger partial charge in [0.05, 0.1) is 5.69 Å². The highest BCUT2D eigenvalue weighted by Gasteiger charge is 2.18. The zero-order valence-electron chi connectivity index (χ0n) is 12.7. The Balaban J connectivity index is 1.74. The van der Waals surface area contributed by atoms with Crippen molar-refractivity contribution in [1.29, 1.82) is 0 Å². The maximum atomic E-state index is 4.51. The fourth-order valence-electron chi connectivity index (χ4n) is 3.01. The monoisotopic (exact) mass is 285 g/mol. The summed E-state index contributed by atoms with van der Waals surface area (Å²) in [6, 6.07) is 5.11. The zero-order chi connectivity index (χ0) is 14.7. The molecule has 3 heterocycles. The highest BCUT2D eigenvalue weighted by atomic mass is 15.1. The molecule has 5 heteroatoms. The molecular formula is C16H23N5. The van der Waals surface area contributed by atoms with Gasteiger partial charge in [0.25, 0.3) is 0 Å². The van der Waals surface area contributed by atoms with Crippen LogP contribution in [0.2, 0.25) is 0 Å². The summed E-state index contributed by atoms with van der Waals surface area (Å²) in [5.41, 5.74) is 1.06. The molecule has 2 atom stereocenters. The predicted molar refractivity (Wildman–Crippen MR) is 84.8 cm³/mol. The van der Waals surface area contributed by atoms with Crippen molar-refractivity contribution in [3.8, 4) is 5.82 Å². The Morgan fingerprint density at radius 2 is 2.33 bits per heavy atom. The second-order valence-corrected chi connectivity index (χ2v) is 5.79. The molecule has 0 saturated carbocycles. The van der Waals surface area contributed by atoms with Crippen molar-refractivity contribution < 1.29 is 0 Å². The Morgan fingerprint density at radius 1 is 1.43 bits per heavy atom. The van der Waals surface area contributed by atoms with Gasteiger partial charge in [-0.25, -0.2) is 9.97 Å². The summed E-state index contributed by atoms with van der Waals surface area (Å²) in [5.74, 6) is 1.86. The molecule has 1 saturated heterocycles. The Hall–Kier alpha value is -1.88. The fourth-order valence-corrected chi connectivity index (χ4v) is 3.01. The van der Waals surface area contributed by atoms with Gasteiger partial charge in [-0.05, 0) is 51.8 Å². The van der Waals surface area contributed by atoms with Gasteiger partial charge < -0.3 is 10.6 Å². The topological polar surface area (TPSA) is 54.8 Å². The van der Waals surface area contributed by atoms with Gasteiger partial charge in [0.15, 0.2) is 5.82 Å². The number of pyridine rings is 1. The molecule has 112 valence electrons. The minimum atomic E-state index is 0.410. The van der Waals surface area contributed by atoms with E-state index in [4.69, 9.17) is 0 Å². The molecule has 0 radical (unpaired) electrons. The molecule has 21 heavy (non-hydrogen) atoms. The predicted octanol–water partition coefficient (Wildman–Crippen LogP) is 2.52. The Morgan fingerprint density at radius 3 is 3.05 bits per heavy atom. The molecule has 0 aliphatic carbocycles. The quantitative estimate of drug-likeness (QED) is 0.886. The first-order valence-electron chi connectivity index (χ1n) is 7.69. The Labute approximate surface area is 125 Å². The van der Waals surface area contributed by atoms with Crippen molar-refractivity contribution in [3.63, 3.8) is 0 Å². The van der Waals surface area contributed by atoms with Crippen LogP contribution in [0.15, 0.2) is 30.7 Å². The summed E-state index contributed by atoms with van der Waals surface area (Å²) in [6.45, 7) is 5.38. The molecule has 0 bridgehead atoms. The number of nitrogens with one attached hydrogen (secondary N) is 2. The number of aryl methyl sites for hydroxylation is 1. The molecule has 1 aliphatic rings. The molecule has 0 spiro atoms. The van der Waals surface area contributed by atoms with Crippen molar-refractivity contribution >= 4 is 5.69 Å². The summed E-state index contributed by atoms with van der Waals surface area (Å²) in [5, 5.41) is 7.16. The maximum Gasteiger partial charge on any atom is 0.161 e.